The third-order valence-electron chi connectivity index (χ3n) is 4.00. The number of benzene rings is 2. The minimum absolute atomic E-state index is 0.0666. The van der Waals surface area contributed by atoms with Gasteiger partial charge in [-0.25, -0.2) is 4.98 Å². The Hall–Kier alpha value is -3.36. The second-order valence-corrected chi connectivity index (χ2v) is 7.71. The van der Waals surface area contributed by atoms with E-state index in [4.69, 9.17) is 4.55 Å². The van der Waals surface area contributed by atoms with Crippen LogP contribution in [0.25, 0.3) is 11.4 Å². The summed E-state index contributed by atoms with van der Waals surface area (Å²) in [5.74, 6) is 1.58. The molecular formula is C21H20N4O3S. The first-order chi connectivity index (χ1) is 13.9. The van der Waals surface area contributed by atoms with Gasteiger partial charge in [0.2, 0.25) is 0 Å². The lowest BCUT2D eigenvalue weighted by atomic mass is 10.1. The molecule has 0 spiro atoms. The largest absolute Gasteiger partial charge is 0.294 e. The lowest BCUT2D eigenvalue weighted by Crippen LogP contribution is -1.96. The third-order valence-corrected chi connectivity index (χ3v) is 4.87. The van der Waals surface area contributed by atoms with Gasteiger partial charge in [-0.05, 0) is 36.8 Å². The smallest absolute Gasteiger partial charge is 0.282 e. The highest BCUT2D eigenvalue weighted by Crippen LogP contribution is 2.14. The summed E-state index contributed by atoms with van der Waals surface area (Å²) < 4.78 is 29.6. The zero-order chi connectivity index (χ0) is 20.7. The maximum absolute atomic E-state index is 10.5. The third kappa shape index (κ3) is 6.06. The number of hydrogen-bond acceptors (Lipinski definition) is 5. The Labute approximate surface area is 169 Å². The molecule has 2 aromatic heterocycles. The fourth-order valence-electron chi connectivity index (χ4n) is 2.50. The van der Waals surface area contributed by atoms with Crippen LogP contribution in [0.4, 0.5) is 0 Å². The highest BCUT2D eigenvalue weighted by molar-refractivity contribution is 7.85. The van der Waals surface area contributed by atoms with E-state index in [1.807, 2.05) is 37.3 Å². The first kappa shape index (κ1) is 20.4. The first-order valence-corrected chi connectivity index (χ1v) is 10.3. The van der Waals surface area contributed by atoms with Crippen LogP contribution in [0, 0.1) is 6.92 Å². The average Bonchev–Trinajstić information content (AvgIpc) is 3.18. The van der Waals surface area contributed by atoms with Crippen LogP contribution in [0.5, 0.6) is 0 Å². The maximum atomic E-state index is 10.5. The van der Waals surface area contributed by atoms with E-state index in [2.05, 4.69) is 32.3 Å². The van der Waals surface area contributed by atoms with E-state index in [1.54, 1.807) is 24.5 Å². The Morgan fingerprint density at radius 1 is 0.931 bits per heavy atom. The summed E-state index contributed by atoms with van der Waals surface area (Å²) in [6.45, 7) is 1.84. The molecule has 2 N–H and O–H groups in total. The summed E-state index contributed by atoms with van der Waals surface area (Å²) in [5, 5.41) is 7.19. The number of aryl methyl sites for hydroxylation is 1. The van der Waals surface area contributed by atoms with Gasteiger partial charge in [0.05, 0.1) is 4.90 Å². The van der Waals surface area contributed by atoms with Crippen molar-refractivity contribution in [2.24, 2.45) is 0 Å². The van der Waals surface area contributed by atoms with Gasteiger partial charge in [-0.1, -0.05) is 48.0 Å². The Bertz CT molecular complexity index is 1140. The van der Waals surface area contributed by atoms with Crippen LogP contribution < -0.4 is 0 Å². The van der Waals surface area contributed by atoms with E-state index < -0.39 is 10.1 Å². The van der Waals surface area contributed by atoms with E-state index >= 15 is 0 Å². The fourth-order valence-corrected chi connectivity index (χ4v) is 2.98. The van der Waals surface area contributed by atoms with Crippen LogP contribution in [0.15, 0.2) is 84.0 Å². The highest BCUT2D eigenvalue weighted by Gasteiger charge is 2.07. The molecule has 4 rings (SSSR count). The van der Waals surface area contributed by atoms with Gasteiger partial charge in [-0.15, -0.1) is 0 Å². The van der Waals surface area contributed by atoms with Crippen molar-refractivity contribution in [3.05, 3.63) is 96.1 Å². The second kappa shape index (κ2) is 9.22. The molecule has 0 saturated heterocycles. The van der Waals surface area contributed by atoms with E-state index in [1.165, 1.54) is 17.7 Å². The Kier molecular flexibility index (Phi) is 6.48. The highest BCUT2D eigenvalue weighted by atomic mass is 32.2. The Morgan fingerprint density at radius 3 is 2.21 bits per heavy atom. The number of nitrogens with zero attached hydrogens (tertiary/aromatic N) is 3. The SMILES string of the molecule is Cc1ccc(S(=O)(=O)O)cc1.c1ccc(Cc2nc(-c3ccncc3)n[nH]2)cc1. The van der Waals surface area contributed by atoms with E-state index in [9.17, 15) is 8.42 Å². The zero-order valence-electron chi connectivity index (χ0n) is 15.7. The van der Waals surface area contributed by atoms with Gasteiger partial charge in [-0.3, -0.25) is 14.6 Å². The fraction of sp³-hybridized carbons (Fsp3) is 0.0952. The monoisotopic (exact) mass is 408 g/mol. The minimum Gasteiger partial charge on any atom is -0.282 e. The molecule has 0 fully saturated rings. The molecule has 7 nitrogen and oxygen atoms in total. The molecule has 0 radical (unpaired) electrons. The number of rotatable bonds is 4. The summed E-state index contributed by atoms with van der Waals surface area (Å²) in [5.41, 5.74) is 3.15. The number of aromatic nitrogens is 4. The summed E-state index contributed by atoms with van der Waals surface area (Å²) in [6, 6.07) is 20.0. The topological polar surface area (TPSA) is 109 Å². The van der Waals surface area contributed by atoms with Gasteiger partial charge in [-0.2, -0.15) is 13.5 Å². The molecule has 29 heavy (non-hydrogen) atoms. The molecule has 0 aliphatic carbocycles. The van der Waals surface area contributed by atoms with Gasteiger partial charge < -0.3 is 0 Å². The van der Waals surface area contributed by atoms with Crippen molar-refractivity contribution in [1.29, 1.82) is 0 Å². The number of aromatic amines is 1. The molecule has 0 atom stereocenters. The standard InChI is InChI=1S/C14H12N4.C7H8O3S/c1-2-4-11(5-3-1)10-13-16-14(18-17-13)12-6-8-15-9-7-12;1-6-2-4-7(5-3-6)11(8,9)10/h1-9H,10H2,(H,16,17,18);2-5H,1H3,(H,8,9,10). The lowest BCUT2D eigenvalue weighted by molar-refractivity contribution is 0.483. The van der Waals surface area contributed by atoms with Crippen LogP contribution in [-0.2, 0) is 16.5 Å². The van der Waals surface area contributed by atoms with E-state index in [0.717, 1.165) is 23.4 Å². The number of pyridine rings is 1. The quantitative estimate of drug-likeness (QED) is 0.499. The first-order valence-electron chi connectivity index (χ1n) is 8.81. The molecule has 0 bridgehead atoms. The van der Waals surface area contributed by atoms with Crippen molar-refractivity contribution in [3.63, 3.8) is 0 Å². The minimum atomic E-state index is -4.02. The molecule has 8 heteroatoms. The predicted molar refractivity (Wildman–Crippen MR) is 110 cm³/mol. The van der Waals surface area contributed by atoms with E-state index in [0.29, 0.717) is 5.82 Å². The predicted octanol–water partition coefficient (Wildman–Crippen LogP) is 3.70. The molecular weight excluding hydrogens is 388 g/mol. The maximum Gasteiger partial charge on any atom is 0.294 e. The van der Waals surface area contributed by atoms with Gasteiger partial charge in [0, 0.05) is 24.4 Å². The molecule has 0 unspecified atom stereocenters. The second-order valence-electron chi connectivity index (χ2n) is 6.29. The molecule has 4 aromatic rings. The average molecular weight is 408 g/mol. The zero-order valence-corrected chi connectivity index (χ0v) is 16.5. The summed E-state index contributed by atoms with van der Waals surface area (Å²) in [7, 11) is -4.02. The summed E-state index contributed by atoms with van der Waals surface area (Å²) in [4.78, 5) is 8.39. The van der Waals surface area contributed by atoms with Gasteiger partial charge in [0.1, 0.15) is 5.82 Å². The van der Waals surface area contributed by atoms with Crippen molar-refractivity contribution in [2.45, 2.75) is 18.2 Å². The van der Waals surface area contributed by atoms with E-state index in [-0.39, 0.29) is 4.90 Å². The number of H-pyrrole nitrogens is 1. The molecule has 0 aliphatic heterocycles. The molecule has 148 valence electrons. The molecule has 0 saturated carbocycles. The normalized spacial score (nSPS) is 10.8. The Balaban J connectivity index is 0.000000188. The molecule has 2 heterocycles. The van der Waals surface area contributed by atoms with Crippen molar-refractivity contribution >= 4 is 10.1 Å². The van der Waals surface area contributed by atoms with Crippen LogP contribution >= 0.6 is 0 Å². The van der Waals surface area contributed by atoms with Crippen molar-refractivity contribution in [1.82, 2.24) is 20.2 Å². The van der Waals surface area contributed by atoms with Gasteiger partial charge in [0.25, 0.3) is 10.1 Å². The van der Waals surface area contributed by atoms with Crippen LogP contribution in [0.1, 0.15) is 17.0 Å². The van der Waals surface area contributed by atoms with Gasteiger partial charge >= 0.3 is 0 Å². The van der Waals surface area contributed by atoms with Crippen LogP contribution in [0.3, 0.4) is 0 Å². The lowest BCUT2D eigenvalue weighted by Gasteiger charge is -1.95. The van der Waals surface area contributed by atoms with Gasteiger partial charge in [0.15, 0.2) is 5.82 Å². The molecule has 0 amide bonds. The summed E-state index contributed by atoms with van der Waals surface area (Å²) >= 11 is 0. The van der Waals surface area contributed by atoms with Crippen molar-refractivity contribution in [2.75, 3.05) is 0 Å². The molecule has 2 aromatic carbocycles. The van der Waals surface area contributed by atoms with Crippen molar-refractivity contribution < 1.29 is 13.0 Å². The number of hydrogen-bond donors (Lipinski definition) is 2. The van der Waals surface area contributed by atoms with Crippen LogP contribution in [0.2, 0.25) is 0 Å². The summed E-state index contributed by atoms with van der Waals surface area (Å²) in [6.07, 6.45) is 4.24. The molecule has 0 aliphatic rings. The Morgan fingerprint density at radius 2 is 1.59 bits per heavy atom. The number of nitrogens with one attached hydrogen (secondary N) is 1. The van der Waals surface area contributed by atoms with Crippen molar-refractivity contribution in [3.8, 4) is 11.4 Å². The van der Waals surface area contributed by atoms with Crippen LogP contribution in [-0.4, -0.2) is 33.1 Å².